The van der Waals surface area contributed by atoms with E-state index in [2.05, 4.69) is 15.3 Å². The molecule has 0 aliphatic carbocycles. The predicted molar refractivity (Wildman–Crippen MR) is 109 cm³/mol. The van der Waals surface area contributed by atoms with Gasteiger partial charge < -0.3 is 24.3 Å². The second-order valence-electron chi connectivity index (χ2n) is 6.02. The summed E-state index contributed by atoms with van der Waals surface area (Å²) in [5.41, 5.74) is 2.28. The first-order valence-electron chi connectivity index (χ1n) is 9.07. The van der Waals surface area contributed by atoms with Gasteiger partial charge in [-0.2, -0.15) is 0 Å². The number of methoxy groups -OCH3 is 3. The van der Waals surface area contributed by atoms with E-state index in [0.717, 1.165) is 5.56 Å². The van der Waals surface area contributed by atoms with Crippen molar-refractivity contribution in [3.8, 4) is 17.2 Å². The average Bonchev–Trinajstić information content (AvgIpc) is 2.76. The van der Waals surface area contributed by atoms with Crippen molar-refractivity contribution in [2.24, 2.45) is 0 Å². The van der Waals surface area contributed by atoms with Gasteiger partial charge in [0.05, 0.1) is 39.0 Å². The van der Waals surface area contributed by atoms with Gasteiger partial charge in [-0.05, 0) is 36.8 Å². The van der Waals surface area contributed by atoms with Crippen LogP contribution in [-0.4, -0.2) is 43.9 Å². The Balaban J connectivity index is 1.95. The van der Waals surface area contributed by atoms with Crippen LogP contribution in [0.5, 0.6) is 17.2 Å². The van der Waals surface area contributed by atoms with Crippen molar-refractivity contribution in [3.05, 3.63) is 47.7 Å². The largest absolute Gasteiger partial charge is 0.493 e. The van der Waals surface area contributed by atoms with Crippen LogP contribution in [0, 0.1) is 0 Å². The number of hydrogen-bond donors (Lipinski definition) is 1. The number of ether oxygens (including phenoxy) is 4. The first-order chi connectivity index (χ1) is 14.1. The lowest BCUT2D eigenvalue weighted by atomic mass is 10.1. The number of aromatic nitrogens is 2. The Hall–Kier alpha value is -3.55. The summed E-state index contributed by atoms with van der Waals surface area (Å²) in [5, 5.41) is 3.17. The predicted octanol–water partition coefficient (Wildman–Crippen LogP) is 3.44. The van der Waals surface area contributed by atoms with Gasteiger partial charge in [-0.1, -0.05) is 12.1 Å². The van der Waals surface area contributed by atoms with E-state index in [9.17, 15) is 4.79 Å². The van der Waals surface area contributed by atoms with Crippen LogP contribution in [0.4, 0.5) is 5.82 Å². The molecule has 0 saturated carbocycles. The molecule has 152 valence electrons. The summed E-state index contributed by atoms with van der Waals surface area (Å²) in [5.74, 6) is 1.41. The second-order valence-corrected chi connectivity index (χ2v) is 6.02. The van der Waals surface area contributed by atoms with Gasteiger partial charge in [-0.25, -0.2) is 14.8 Å². The Kier molecular flexibility index (Phi) is 6.33. The third-order valence-corrected chi connectivity index (χ3v) is 4.22. The molecule has 1 aromatic heterocycles. The number of benzene rings is 2. The minimum Gasteiger partial charge on any atom is -0.493 e. The summed E-state index contributed by atoms with van der Waals surface area (Å²) in [4.78, 5) is 21.4. The van der Waals surface area contributed by atoms with Crippen LogP contribution in [0.2, 0.25) is 0 Å². The molecule has 0 saturated heterocycles. The average molecular weight is 397 g/mol. The van der Waals surface area contributed by atoms with Crippen LogP contribution in [0.15, 0.2) is 36.4 Å². The van der Waals surface area contributed by atoms with Crippen molar-refractivity contribution >= 4 is 22.8 Å². The van der Waals surface area contributed by atoms with Crippen LogP contribution < -0.4 is 19.5 Å². The highest BCUT2D eigenvalue weighted by atomic mass is 16.5. The lowest BCUT2D eigenvalue weighted by molar-refractivity contribution is 0.0520. The summed E-state index contributed by atoms with van der Waals surface area (Å²) in [6, 6.07) is 11.0. The van der Waals surface area contributed by atoms with E-state index >= 15 is 0 Å². The zero-order chi connectivity index (χ0) is 20.8. The highest BCUT2D eigenvalue weighted by Gasteiger charge is 2.18. The van der Waals surface area contributed by atoms with E-state index in [1.807, 2.05) is 30.3 Å². The topological polar surface area (TPSA) is 91.8 Å². The molecule has 3 aromatic rings. The van der Waals surface area contributed by atoms with Crippen molar-refractivity contribution in [1.82, 2.24) is 9.97 Å². The van der Waals surface area contributed by atoms with Crippen molar-refractivity contribution in [1.29, 1.82) is 0 Å². The van der Waals surface area contributed by atoms with Gasteiger partial charge in [0.25, 0.3) is 0 Å². The molecule has 0 spiro atoms. The molecule has 2 aromatic carbocycles. The monoisotopic (exact) mass is 397 g/mol. The zero-order valence-electron chi connectivity index (χ0n) is 16.8. The van der Waals surface area contributed by atoms with Gasteiger partial charge in [-0.3, -0.25) is 0 Å². The second kappa shape index (κ2) is 9.09. The summed E-state index contributed by atoms with van der Waals surface area (Å²) in [7, 11) is 4.67. The Bertz CT molecular complexity index is 997. The molecule has 0 aliphatic rings. The zero-order valence-corrected chi connectivity index (χ0v) is 16.8. The normalized spacial score (nSPS) is 10.5. The third-order valence-electron chi connectivity index (χ3n) is 4.22. The van der Waals surface area contributed by atoms with Gasteiger partial charge in [0.1, 0.15) is 0 Å². The van der Waals surface area contributed by atoms with E-state index < -0.39 is 5.97 Å². The van der Waals surface area contributed by atoms with E-state index in [0.29, 0.717) is 40.6 Å². The number of esters is 1. The Labute approximate surface area is 168 Å². The van der Waals surface area contributed by atoms with Gasteiger partial charge >= 0.3 is 5.97 Å². The number of rotatable bonds is 8. The van der Waals surface area contributed by atoms with Gasteiger partial charge in [0, 0.05) is 6.54 Å². The van der Waals surface area contributed by atoms with Crippen molar-refractivity contribution in [3.63, 3.8) is 0 Å². The number of carbonyl (C=O) groups excluding carboxylic acids is 1. The van der Waals surface area contributed by atoms with Crippen LogP contribution in [0.25, 0.3) is 11.0 Å². The molecule has 0 aliphatic heterocycles. The molecular weight excluding hydrogens is 374 g/mol. The maximum Gasteiger partial charge on any atom is 0.360 e. The molecule has 1 heterocycles. The molecule has 0 radical (unpaired) electrons. The van der Waals surface area contributed by atoms with E-state index in [1.165, 1.54) is 0 Å². The fourth-order valence-electron chi connectivity index (χ4n) is 2.89. The van der Waals surface area contributed by atoms with Crippen molar-refractivity contribution in [2.45, 2.75) is 13.5 Å². The Morgan fingerprint density at radius 2 is 1.59 bits per heavy atom. The number of para-hydroxylation sites is 2. The van der Waals surface area contributed by atoms with Gasteiger partial charge in [0.2, 0.25) is 5.75 Å². The summed E-state index contributed by atoms with van der Waals surface area (Å²) < 4.78 is 21.3. The highest BCUT2D eigenvalue weighted by molar-refractivity contribution is 5.95. The maximum absolute atomic E-state index is 12.4. The molecule has 8 heteroatoms. The van der Waals surface area contributed by atoms with Gasteiger partial charge in [-0.15, -0.1) is 0 Å². The quantitative estimate of drug-likeness (QED) is 0.578. The van der Waals surface area contributed by atoms with E-state index in [4.69, 9.17) is 18.9 Å². The number of carbonyl (C=O) groups is 1. The van der Waals surface area contributed by atoms with Crippen LogP contribution in [-0.2, 0) is 11.3 Å². The molecule has 0 amide bonds. The van der Waals surface area contributed by atoms with Crippen molar-refractivity contribution in [2.75, 3.05) is 33.3 Å². The Morgan fingerprint density at radius 3 is 2.14 bits per heavy atom. The number of nitrogens with zero attached hydrogens (tertiary/aromatic N) is 2. The lowest BCUT2D eigenvalue weighted by Gasteiger charge is -2.15. The highest BCUT2D eigenvalue weighted by Crippen LogP contribution is 2.38. The van der Waals surface area contributed by atoms with Crippen molar-refractivity contribution < 1.29 is 23.7 Å². The molecule has 0 atom stereocenters. The molecule has 0 unspecified atom stereocenters. The number of fused-ring (bicyclic) bond motifs is 1. The first kappa shape index (κ1) is 20.2. The minimum atomic E-state index is -0.529. The third kappa shape index (κ3) is 4.31. The van der Waals surface area contributed by atoms with Gasteiger partial charge in [0.15, 0.2) is 23.0 Å². The number of hydrogen-bond acceptors (Lipinski definition) is 8. The lowest BCUT2D eigenvalue weighted by Crippen LogP contribution is -2.14. The molecule has 0 fully saturated rings. The Morgan fingerprint density at radius 1 is 0.966 bits per heavy atom. The molecule has 8 nitrogen and oxygen atoms in total. The minimum absolute atomic E-state index is 0.137. The van der Waals surface area contributed by atoms with Crippen LogP contribution in [0.1, 0.15) is 23.0 Å². The number of anilines is 1. The first-order valence-corrected chi connectivity index (χ1v) is 9.07. The molecule has 1 N–H and O–H groups in total. The summed E-state index contributed by atoms with van der Waals surface area (Å²) >= 11 is 0. The van der Waals surface area contributed by atoms with Crippen LogP contribution in [0.3, 0.4) is 0 Å². The molecular formula is C21H23N3O5. The van der Waals surface area contributed by atoms with E-state index in [-0.39, 0.29) is 12.3 Å². The molecule has 29 heavy (non-hydrogen) atoms. The van der Waals surface area contributed by atoms with Crippen LogP contribution >= 0.6 is 0 Å². The number of nitrogens with one attached hydrogen (secondary N) is 1. The molecule has 3 rings (SSSR count). The maximum atomic E-state index is 12.4. The summed E-state index contributed by atoms with van der Waals surface area (Å²) in [6.07, 6.45) is 0. The smallest absolute Gasteiger partial charge is 0.360 e. The summed E-state index contributed by atoms with van der Waals surface area (Å²) in [6.45, 7) is 2.35. The standard InChI is InChI=1S/C21H23N3O5/c1-5-29-21(25)18-20(24-15-9-7-6-8-14(15)23-18)22-12-13-10-16(26-2)19(28-4)17(11-13)27-3/h6-11H,5,12H2,1-4H3,(H,22,24). The fraction of sp³-hybridized carbons (Fsp3) is 0.286. The molecule has 0 bridgehead atoms. The fourth-order valence-corrected chi connectivity index (χ4v) is 2.89. The SMILES string of the molecule is CCOC(=O)c1nc2ccccc2nc1NCc1cc(OC)c(OC)c(OC)c1. The van der Waals surface area contributed by atoms with E-state index in [1.54, 1.807) is 34.3 Å².